The Balaban J connectivity index is 1.67. The number of hydrogen-bond donors (Lipinski definition) is 1. The number of nitriles is 1. The first-order valence-electron chi connectivity index (χ1n) is 7.96. The van der Waals surface area contributed by atoms with Crippen LogP contribution in [-0.4, -0.2) is 31.9 Å². The molecule has 0 aliphatic carbocycles. The number of carbonyl (C=O) groups is 1. The van der Waals surface area contributed by atoms with Crippen LogP contribution in [0, 0.1) is 25.2 Å². The number of aryl methyl sites for hydroxylation is 2. The van der Waals surface area contributed by atoms with Crippen LogP contribution in [0.3, 0.4) is 0 Å². The number of nitrogens with one attached hydrogen (secondary N) is 1. The molecule has 0 atom stereocenters. The SMILES string of the molecule is Cc1ccc(-n2nnnc2SCC(=O)Nc2ccc(C#N)c(Cl)c2)c(C)c1. The Morgan fingerprint density at radius 3 is 2.81 bits per heavy atom. The first-order chi connectivity index (χ1) is 13.0. The highest BCUT2D eigenvalue weighted by atomic mass is 35.5. The van der Waals surface area contributed by atoms with Gasteiger partial charge in [0.25, 0.3) is 0 Å². The summed E-state index contributed by atoms with van der Waals surface area (Å²) in [5.41, 5.74) is 3.95. The number of nitrogens with zero attached hydrogens (tertiary/aromatic N) is 5. The molecule has 1 N–H and O–H groups in total. The number of benzene rings is 2. The van der Waals surface area contributed by atoms with Crippen LogP contribution < -0.4 is 5.32 Å². The molecule has 0 radical (unpaired) electrons. The van der Waals surface area contributed by atoms with Crippen molar-refractivity contribution in [2.45, 2.75) is 19.0 Å². The molecular formula is C18H15ClN6OS. The smallest absolute Gasteiger partial charge is 0.234 e. The Hall–Kier alpha value is -2.89. The van der Waals surface area contributed by atoms with Gasteiger partial charge in [-0.15, -0.1) is 5.10 Å². The topological polar surface area (TPSA) is 96.5 Å². The summed E-state index contributed by atoms with van der Waals surface area (Å²) >= 11 is 7.21. The van der Waals surface area contributed by atoms with E-state index in [2.05, 4.69) is 20.8 Å². The number of anilines is 1. The minimum Gasteiger partial charge on any atom is -0.325 e. The van der Waals surface area contributed by atoms with Crippen LogP contribution in [0.4, 0.5) is 5.69 Å². The monoisotopic (exact) mass is 398 g/mol. The van der Waals surface area contributed by atoms with Gasteiger partial charge >= 0.3 is 0 Å². The van der Waals surface area contributed by atoms with Crippen molar-refractivity contribution < 1.29 is 4.79 Å². The van der Waals surface area contributed by atoms with Crippen molar-refractivity contribution in [2.24, 2.45) is 0 Å². The molecule has 0 saturated carbocycles. The highest BCUT2D eigenvalue weighted by Crippen LogP contribution is 2.23. The summed E-state index contributed by atoms with van der Waals surface area (Å²) in [5.74, 6) is -0.0981. The van der Waals surface area contributed by atoms with Crippen molar-refractivity contribution in [3.63, 3.8) is 0 Å². The molecular weight excluding hydrogens is 384 g/mol. The minimum absolute atomic E-state index is 0.128. The van der Waals surface area contributed by atoms with Crippen LogP contribution in [0.2, 0.25) is 5.02 Å². The van der Waals surface area contributed by atoms with Crippen molar-refractivity contribution in [2.75, 3.05) is 11.1 Å². The van der Waals surface area contributed by atoms with Gasteiger partial charge < -0.3 is 5.32 Å². The number of tetrazole rings is 1. The van der Waals surface area contributed by atoms with Crippen LogP contribution >= 0.6 is 23.4 Å². The van der Waals surface area contributed by atoms with Gasteiger partial charge in [0.15, 0.2) is 0 Å². The second kappa shape index (κ2) is 8.20. The maximum absolute atomic E-state index is 12.2. The van der Waals surface area contributed by atoms with Gasteiger partial charge in [-0.1, -0.05) is 41.1 Å². The fourth-order valence-corrected chi connectivity index (χ4v) is 3.38. The van der Waals surface area contributed by atoms with Crippen molar-refractivity contribution in [1.29, 1.82) is 5.26 Å². The molecule has 3 rings (SSSR count). The Morgan fingerprint density at radius 2 is 2.11 bits per heavy atom. The minimum atomic E-state index is -0.226. The second-order valence-corrected chi connectivity index (χ2v) is 7.16. The van der Waals surface area contributed by atoms with E-state index in [0.29, 0.717) is 21.4 Å². The van der Waals surface area contributed by atoms with E-state index in [1.165, 1.54) is 11.8 Å². The van der Waals surface area contributed by atoms with E-state index < -0.39 is 0 Å². The average molecular weight is 399 g/mol. The zero-order valence-corrected chi connectivity index (χ0v) is 16.2. The van der Waals surface area contributed by atoms with Crippen LogP contribution in [0.25, 0.3) is 5.69 Å². The first-order valence-corrected chi connectivity index (χ1v) is 9.32. The lowest BCUT2D eigenvalue weighted by atomic mass is 10.1. The molecule has 0 aliphatic rings. The number of halogens is 1. The highest BCUT2D eigenvalue weighted by molar-refractivity contribution is 7.99. The van der Waals surface area contributed by atoms with Crippen LogP contribution in [-0.2, 0) is 4.79 Å². The third-order valence-corrected chi connectivity index (χ3v) is 4.96. The van der Waals surface area contributed by atoms with Crippen LogP contribution in [0.15, 0.2) is 41.6 Å². The van der Waals surface area contributed by atoms with Crippen molar-refractivity contribution in [3.05, 3.63) is 58.1 Å². The van der Waals surface area contributed by atoms with Gasteiger partial charge in [-0.05, 0) is 54.1 Å². The number of amides is 1. The second-order valence-electron chi connectivity index (χ2n) is 5.81. The lowest BCUT2D eigenvalue weighted by Gasteiger charge is -2.09. The van der Waals surface area contributed by atoms with Gasteiger partial charge in [-0.2, -0.15) is 9.94 Å². The van der Waals surface area contributed by atoms with Gasteiger partial charge in [0.1, 0.15) is 6.07 Å². The predicted octanol–water partition coefficient (Wildman–Crippen LogP) is 3.54. The third kappa shape index (κ3) is 4.45. The zero-order valence-electron chi connectivity index (χ0n) is 14.6. The van der Waals surface area contributed by atoms with E-state index in [4.69, 9.17) is 16.9 Å². The van der Waals surface area contributed by atoms with Gasteiger partial charge in [0.05, 0.1) is 22.0 Å². The molecule has 2 aromatic carbocycles. The summed E-state index contributed by atoms with van der Waals surface area (Å²) in [6, 6.07) is 12.7. The number of thioether (sulfide) groups is 1. The van der Waals surface area contributed by atoms with Gasteiger partial charge in [0, 0.05) is 5.69 Å². The molecule has 0 fully saturated rings. The molecule has 1 amide bonds. The normalized spacial score (nSPS) is 10.4. The van der Waals surface area contributed by atoms with E-state index >= 15 is 0 Å². The van der Waals surface area contributed by atoms with Crippen LogP contribution in [0.5, 0.6) is 0 Å². The molecule has 7 nitrogen and oxygen atoms in total. The molecule has 0 unspecified atom stereocenters. The quantitative estimate of drug-likeness (QED) is 0.660. The maximum Gasteiger partial charge on any atom is 0.234 e. The fraction of sp³-hybridized carbons (Fsp3) is 0.167. The number of hydrogen-bond acceptors (Lipinski definition) is 6. The summed E-state index contributed by atoms with van der Waals surface area (Å²) < 4.78 is 1.62. The van der Waals surface area contributed by atoms with Gasteiger partial charge in [-0.3, -0.25) is 4.79 Å². The van der Waals surface area contributed by atoms with Crippen LogP contribution in [0.1, 0.15) is 16.7 Å². The third-order valence-electron chi connectivity index (χ3n) is 3.73. The van der Waals surface area contributed by atoms with E-state index in [1.807, 2.05) is 38.1 Å². The number of carbonyl (C=O) groups excluding carboxylic acids is 1. The lowest BCUT2D eigenvalue weighted by Crippen LogP contribution is -2.14. The summed E-state index contributed by atoms with van der Waals surface area (Å²) in [7, 11) is 0. The molecule has 9 heteroatoms. The van der Waals surface area contributed by atoms with Crippen molar-refractivity contribution in [3.8, 4) is 11.8 Å². The lowest BCUT2D eigenvalue weighted by molar-refractivity contribution is -0.113. The Labute approximate surface area is 165 Å². The highest BCUT2D eigenvalue weighted by Gasteiger charge is 2.13. The number of rotatable bonds is 5. The fourth-order valence-electron chi connectivity index (χ4n) is 2.47. The van der Waals surface area contributed by atoms with Crippen molar-refractivity contribution in [1.82, 2.24) is 20.2 Å². The first kappa shape index (κ1) is 18.9. The summed E-state index contributed by atoms with van der Waals surface area (Å²) in [6.45, 7) is 4.01. The van der Waals surface area contributed by atoms with Gasteiger partial charge in [-0.25, -0.2) is 0 Å². The van der Waals surface area contributed by atoms with E-state index in [0.717, 1.165) is 16.8 Å². The summed E-state index contributed by atoms with van der Waals surface area (Å²) in [6.07, 6.45) is 0. The molecule has 0 spiro atoms. The van der Waals surface area contributed by atoms with Gasteiger partial charge in [0.2, 0.25) is 11.1 Å². The predicted molar refractivity (Wildman–Crippen MR) is 104 cm³/mol. The molecule has 0 bridgehead atoms. The molecule has 3 aromatic rings. The molecule has 136 valence electrons. The van der Waals surface area contributed by atoms with Crippen molar-refractivity contribution >= 4 is 35.0 Å². The molecule has 1 aromatic heterocycles. The van der Waals surface area contributed by atoms with E-state index in [1.54, 1.807) is 22.9 Å². The summed E-state index contributed by atoms with van der Waals surface area (Å²) in [5, 5.41) is 24.2. The molecule has 0 saturated heterocycles. The number of aromatic nitrogens is 4. The molecule has 27 heavy (non-hydrogen) atoms. The Kier molecular flexibility index (Phi) is 5.74. The zero-order chi connectivity index (χ0) is 19.4. The maximum atomic E-state index is 12.2. The standard InChI is InChI=1S/C18H15ClN6OS/c1-11-3-6-16(12(2)7-11)25-18(22-23-24-25)27-10-17(26)21-14-5-4-13(9-20)15(19)8-14/h3-8H,10H2,1-2H3,(H,21,26). The van der Waals surface area contributed by atoms with E-state index in [-0.39, 0.29) is 11.7 Å². The largest absolute Gasteiger partial charge is 0.325 e. The van der Waals surface area contributed by atoms with E-state index in [9.17, 15) is 4.79 Å². The molecule has 1 heterocycles. The Bertz CT molecular complexity index is 1040. The Morgan fingerprint density at radius 1 is 1.30 bits per heavy atom. The molecule has 0 aliphatic heterocycles. The average Bonchev–Trinajstić information content (AvgIpc) is 3.08. The summed E-state index contributed by atoms with van der Waals surface area (Å²) in [4.78, 5) is 12.2.